The molecule has 4 heteroatoms. The first-order chi connectivity index (χ1) is 11.8. The molecule has 0 unspecified atom stereocenters. The van der Waals surface area contributed by atoms with Crippen molar-refractivity contribution < 1.29 is 4.79 Å². The second-order valence-corrected chi connectivity index (χ2v) is 6.32. The minimum Gasteiger partial charge on any atom is -0.326 e. The highest BCUT2D eigenvalue weighted by atomic mass is 16.2. The molecule has 0 saturated heterocycles. The maximum Gasteiger partial charge on any atom is 0.227 e. The Balaban J connectivity index is 1.52. The van der Waals surface area contributed by atoms with E-state index in [0.717, 1.165) is 23.5 Å². The normalized spacial score (nSPS) is 19.4. The number of hydrogen-bond acceptors (Lipinski definition) is 3. The first-order valence-electron chi connectivity index (χ1n) is 8.64. The molecule has 0 bridgehead atoms. The third kappa shape index (κ3) is 4.51. The van der Waals surface area contributed by atoms with E-state index in [1.807, 2.05) is 54.6 Å². The van der Waals surface area contributed by atoms with Gasteiger partial charge in [0.2, 0.25) is 5.91 Å². The monoisotopic (exact) mass is 321 g/mol. The molecule has 1 N–H and O–H groups in total. The molecule has 24 heavy (non-hydrogen) atoms. The van der Waals surface area contributed by atoms with E-state index in [9.17, 15) is 4.79 Å². The molecule has 0 spiro atoms. The third-order valence-electron chi connectivity index (χ3n) is 4.36. The number of hydrogen-bond donors (Lipinski definition) is 1. The van der Waals surface area contributed by atoms with Crippen molar-refractivity contribution in [2.75, 3.05) is 5.32 Å². The van der Waals surface area contributed by atoms with E-state index in [1.54, 1.807) is 0 Å². The number of azo groups is 1. The Labute approximate surface area is 143 Å². The Morgan fingerprint density at radius 2 is 1.71 bits per heavy atom. The maximum absolute atomic E-state index is 12.2. The highest BCUT2D eigenvalue weighted by Crippen LogP contribution is 2.43. The van der Waals surface area contributed by atoms with Crippen molar-refractivity contribution in [3.63, 3.8) is 0 Å². The minimum atomic E-state index is 0.148. The molecule has 1 amide bonds. The van der Waals surface area contributed by atoms with Gasteiger partial charge in [-0.25, -0.2) is 0 Å². The highest BCUT2D eigenvalue weighted by molar-refractivity contribution is 5.94. The molecule has 2 aromatic rings. The van der Waals surface area contributed by atoms with Gasteiger partial charge in [0.25, 0.3) is 0 Å². The average molecular weight is 321 g/mol. The summed E-state index contributed by atoms with van der Waals surface area (Å²) in [7, 11) is 0. The summed E-state index contributed by atoms with van der Waals surface area (Å²) >= 11 is 0. The largest absolute Gasteiger partial charge is 0.326 e. The van der Waals surface area contributed by atoms with Crippen molar-refractivity contribution in [1.82, 2.24) is 0 Å². The van der Waals surface area contributed by atoms with Crippen molar-refractivity contribution in [2.45, 2.75) is 32.6 Å². The average Bonchev–Trinajstić information content (AvgIpc) is 3.40. The molecule has 0 aliphatic heterocycles. The Hall–Kier alpha value is -2.49. The van der Waals surface area contributed by atoms with Crippen LogP contribution in [0.25, 0.3) is 0 Å². The molecular formula is C20H23N3O. The van der Waals surface area contributed by atoms with Gasteiger partial charge < -0.3 is 5.32 Å². The molecule has 0 aromatic heterocycles. The van der Waals surface area contributed by atoms with Crippen molar-refractivity contribution in [3.05, 3.63) is 54.6 Å². The summed E-state index contributed by atoms with van der Waals surface area (Å²) in [5.74, 6) is 0.938. The molecule has 1 fully saturated rings. The first kappa shape index (κ1) is 16.4. The van der Waals surface area contributed by atoms with Crippen LogP contribution in [0.1, 0.15) is 32.6 Å². The fraction of sp³-hybridized carbons (Fsp3) is 0.350. The van der Waals surface area contributed by atoms with Crippen molar-refractivity contribution in [1.29, 1.82) is 0 Å². The second-order valence-electron chi connectivity index (χ2n) is 6.32. The van der Waals surface area contributed by atoms with Crippen molar-refractivity contribution in [3.8, 4) is 0 Å². The Kier molecular flexibility index (Phi) is 5.36. The minimum absolute atomic E-state index is 0.148. The number of carbonyl (C=O) groups is 1. The molecule has 2 aromatic carbocycles. The SMILES string of the molecule is CCCC[C@@H]1C[C@@H]1C(=O)Nc1ccc(N=Nc2ccccc2)cc1. The zero-order valence-electron chi connectivity index (χ0n) is 14.0. The van der Waals surface area contributed by atoms with Gasteiger partial charge in [-0.05, 0) is 55.2 Å². The van der Waals surface area contributed by atoms with Gasteiger partial charge in [0.05, 0.1) is 11.4 Å². The quantitative estimate of drug-likeness (QED) is 0.637. The number of amides is 1. The lowest BCUT2D eigenvalue weighted by Crippen LogP contribution is -2.14. The molecule has 0 radical (unpaired) electrons. The lowest BCUT2D eigenvalue weighted by molar-refractivity contribution is -0.117. The van der Waals surface area contributed by atoms with E-state index < -0.39 is 0 Å². The molecule has 0 heterocycles. The van der Waals surface area contributed by atoms with Crippen LogP contribution in [0.4, 0.5) is 17.1 Å². The van der Waals surface area contributed by atoms with Crippen LogP contribution in [0.2, 0.25) is 0 Å². The standard InChI is InChI=1S/C20H23N3O/c1-2-3-7-15-14-19(15)20(24)21-16-10-12-18(13-11-16)23-22-17-8-5-4-6-9-17/h4-6,8-13,15,19H,2-3,7,14H2,1H3,(H,21,24)/t15-,19+/m1/s1. The van der Waals surface area contributed by atoms with E-state index in [4.69, 9.17) is 0 Å². The van der Waals surface area contributed by atoms with E-state index in [-0.39, 0.29) is 11.8 Å². The van der Waals surface area contributed by atoms with Crippen molar-refractivity contribution in [2.24, 2.45) is 22.1 Å². The van der Waals surface area contributed by atoms with E-state index >= 15 is 0 Å². The fourth-order valence-electron chi connectivity index (χ4n) is 2.81. The summed E-state index contributed by atoms with van der Waals surface area (Å²) in [6, 6.07) is 17.1. The van der Waals surface area contributed by atoms with Gasteiger partial charge in [0, 0.05) is 11.6 Å². The molecule has 124 valence electrons. The molecule has 4 nitrogen and oxygen atoms in total. The van der Waals surface area contributed by atoms with Crippen LogP contribution in [0, 0.1) is 11.8 Å². The van der Waals surface area contributed by atoms with E-state index in [0.29, 0.717) is 5.92 Å². The first-order valence-corrected chi connectivity index (χ1v) is 8.64. The van der Waals surface area contributed by atoms with Crippen LogP contribution in [-0.4, -0.2) is 5.91 Å². The van der Waals surface area contributed by atoms with Gasteiger partial charge in [-0.3, -0.25) is 4.79 Å². The smallest absolute Gasteiger partial charge is 0.227 e. The summed E-state index contributed by atoms with van der Waals surface area (Å²) in [5, 5.41) is 11.4. The van der Waals surface area contributed by atoms with Crippen LogP contribution in [0.3, 0.4) is 0 Å². The predicted octanol–water partition coefficient (Wildman–Crippen LogP) is 5.87. The summed E-state index contributed by atoms with van der Waals surface area (Å²) in [5.41, 5.74) is 2.41. The number of nitrogens with one attached hydrogen (secondary N) is 1. The number of unbranched alkanes of at least 4 members (excludes halogenated alkanes) is 1. The zero-order chi connectivity index (χ0) is 16.8. The molecule has 3 rings (SSSR count). The van der Waals surface area contributed by atoms with Gasteiger partial charge in [0.15, 0.2) is 0 Å². The van der Waals surface area contributed by atoms with Crippen LogP contribution in [0.5, 0.6) is 0 Å². The Morgan fingerprint density at radius 1 is 1.04 bits per heavy atom. The molecule has 2 atom stereocenters. The maximum atomic E-state index is 12.2. The van der Waals surface area contributed by atoms with Gasteiger partial charge in [-0.2, -0.15) is 10.2 Å². The zero-order valence-corrected chi connectivity index (χ0v) is 14.0. The third-order valence-corrected chi connectivity index (χ3v) is 4.36. The Bertz CT molecular complexity index is 695. The summed E-state index contributed by atoms with van der Waals surface area (Å²) in [6.45, 7) is 2.19. The van der Waals surface area contributed by atoms with Gasteiger partial charge in [-0.15, -0.1) is 0 Å². The summed E-state index contributed by atoms with van der Waals surface area (Å²) in [6.07, 6.45) is 4.63. The van der Waals surface area contributed by atoms with Crippen LogP contribution in [-0.2, 0) is 4.79 Å². The van der Waals surface area contributed by atoms with Gasteiger partial charge >= 0.3 is 0 Å². The van der Waals surface area contributed by atoms with Crippen LogP contribution in [0.15, 0.2) is 64.8 Å². The molecule has 1 saturated carbocycles. The summed E-state index contributed by atoms with van der Waals surface area (Å²) < 4.78 is 0. The van der Waals surface area contributed by atoms with Gasteiger partial charge in [0.1, 0.15) is 0 Å². The lowest BCUT2D eigenvalue weighted by atomic mass is 10.1. The number of anilines is 1. The summed E-state index contributed by atoms with van der Waals surface area (Å²) in [4.78, 5) is 12.2. The topological polar surface area (TPSA) is 53.8 Å². The molecule has 1 aliphatic rings. The molecule has 1 aliphatic carbocycles. The number of rotatable bonds is 7. The van der Waals surface area contributed by atoms with Crippen molar-refractivity contribution >= 4 is 23.0 Å². The lowest BCUT2D eigenvalue weighted by Gasteiger charge is -2.05. The van der Waals surface area contributed by atoms with Gasteiger partial charge in [-0.1, -0.05) is 38.0 Å². The number of carbonyl (C=O) groups excluding carboxylic acids is 1. The molecular weight excluding hydrogens is 298 g/mol. The van der Waals surface area contributed by atoms with Crippen LogP contribution >= 0.6 is 0 Å². The van der Waals surface area contributed by atoms with E-state index in [2.05, 4.69) is 22.5 Å². The number of nitrogens with zero attached hydrogens (tertiary/aromatic N) is 2. The Morgan fingerprint density at radius 3 is 2.38 bits per heavy atom. The second kappa shape index (κ2) is 7.86. The number of benzene rings is 2. The van der Waals surface area contributed by atoms with E-state index in [1.165, 1.54) is 19.3 Å². The fourth-order valence-corrected chi connectivity index (χ4v) is 2.81. The predicted molar refractivity (Wildman–Crippen MR) is 96.8 cm³/mol. The highest BCUT2D eigenvalue weighted by Gasteiger charge is 2.41. The van der Waals surface area contributed by atoms with Crippen LogP contribution < -0.4 is 5.32 Å².